The Morgan fingerprint density at radius 2 is 1.85 bits per heavy atom. The Bertz CT molecular complexity index is 369. The zero-order valence-corrected chi connectivity index (χ0v) is 14.0. The first kappa shape index (κ1) is 17.5. The SMILES string of the molecule is CCCNC(CO)(CSC(C)C(C)C)c1ccccc1. The standard InChI is InChI=1S/C17H29NOS/c1-5-11-18-17(12-19,13-20-15(4)14(2)3)16-9-7-6-8-10-16/h6-10,14-15,18-19H,5,11-13H2,1-4H3. The molecule has 3 heteroatoms. The van der Waals surface area contributed by atoms with Gasteiger partial charge in [-0.15, -0.1) is 0 Å². The number of thioether (sulfide) groups is 1. The minimum atomic E-state index is -0.328. The van der Waals surface area contributed by atoms with Gasteiger partial charge in [0, 0.05) is 11.0 Å². The molecule has 114 valence electrons. The summed E-state index contributed by atoms with van der Waals surface area (Å²) >= 11 is 1.94. The molecule has 0 saturated heterocycles. The van der Waals surface area contributed by atoms with Crippen LogP contribution >= 0.6 is 11.8 Å². The van der Waals surface area contributed by atoms with Crippen LogP contribution in [0.4, 0.5) is 0 Å². The van der Waals surface area contributed by atoms with Gasteiger partial charge in [0.1, 0.15) is 0 Å². The van der Waals surface area contributed by atoms with Crippen molar-refractivity contribution < 1.29 is 5.11 Å². The Morgan fingerprint density at radius 3 is 2.35 bits per heavy atom. The highest BCUT2D eigenvalue weighted by Crippen LogP contribution is 2.29. The van der Waals surface area contributed by atoms with Crippen LogP contribution in [0, 0.1) is 5.92 Å². The smallest absolute Gasteiger partial charge is 0.0760 e. The lowest BCUT2D eigenvalue weighted by molar-refractivity contribution is 0.179. The van der Waals surface area contributed by atoms with Gasteiger partial charge in [-0.3, -0.25) is 0 Å². The second-order valence-corrected chi connectivity index (χ2v) is 7.16. The minimum absolute atomic E-state index is 0.134. The van der Waals surface area contributed by atoms with Crippen LogP contribution in [0.15, 0.2) is 30.3 Å². The van der Waals surface area contributed by atoms with Crippen LogP contribution < -0.4 is 5.32 Å². The van der Waals surface area contributed by atoms with Gasteiger partial charge < -0.3 is 10.4 Å². The summed E-state index contributed by atoms with van der Waals surface area (Å²) in [5, 5.41) is 14.2. The molecular formula is C17H29NOS. The molecule has 2 N–H and O–H groups in total. The maximum absolute atomic E-state index is 10.0. The summed E-state index contributed by atoms with van der Waals surface area (Å²) in [5.41, 5.74) is 0.852. The summed E-state index contributed by atoms with van der Waals surface area (Å²) in [6.07, 6.45) is 1.07. The Balaban J connectivity index is 2.88. The molecule has 0 spiro atoms. The van der Waals surface area contributed by atoms with Crippen LogP contribution in [0.1, 0.15) is 39.7 Å². The van der Waals surface area contributed by atoms with Crippen molar-refractivity contribution in [2.24, 2.45) is 5.92 Å². The van der Waals surface area contributed by atoms with Gasteiger partial charge in [-0.05, 0) is 24.4 Å². The Hall–Kier alpha value is -0.510. The maximum atomic E-state index is 10.0. The number of hydrogen-bond donors (Lipinski definition) is 2. The fourth-order valence-electron chi connectivity index (χ4n) is 2.02. The summed E-state index contributed by atoms with van der Waals surface area (Å²) < 4.78 is 0. The molecule has 0 saturated carbocycles. The molecule has 0 heterocycles. The van der Waals surface area contributed by atoms with Crippen molar-refractivity contribution in [1.82, 2.24) is 5.32 Å². The van der Waals surface area contributed by atoms with E-state index in [0.717, 1.165) is 18.7 Å². The highest BCUT2D eigenvalue weighted by atomic mass is 32.2. The van der Waals surface area contributed by atoms with E-state index >= 15 is 0 Å². The summed E-state index contributed by atoms with van der Waals surface area (Å²) in [7, 11) is 0. The summed E-state index contributed by atoms with van der Waals surface area (Å²) in [6, 6.07) is 10.3. The van der Waals surface area contributed by atoms with Crippen LogP contribution in [0.3, 0.4) is 0 Å². The number of benzene rings is 1. The van der Waals surface area contributed by atoms with Crippen molar-refractivity contribution in [3.05, 3.63) is 35.9 Å². The summed E-state index contributed by atoms with van der Waals surface area (Å²) in [6.45, 7) is 9.98. The fraction of sp³-hybridized carbons (Fsp3) is 0.647. The van der Waals surface area contributed by atoms with Crippen LogP contribution in [-0.4, -0.2) is 29.3 Å². The number of aliphatic hydroxyl groups excluding tert-OH is 1. The molecule has 0 bridgehead atoms. The first-order chi connectivity index (χ1) is 9.55. The highest BCUT2D eigenvalue weighted by Gasteiger charge is 2.31. The van der Waals surface area contributed by atoms with E-state index in [1.54, 1.807) is 0 Å². The van der Waals surface area contributed by atoms with Crippen molar-refractivity contribution >= 4 is 11.8 Å². The van der Waals surface area contributed by atoms with Crippen molar-refractivity contribution in [1.29, 1.82) is 0 Å². The minimum Gasteiger partial charge on any atom is -0.394 e. The topological polar surface area (TPSA) is 32.3 Å². The molecule has 2 atom stereocenters. The van der Waals surface area contributed by atoms with E-state index in [9.17, 15) is 5.11 Å². The van der Waals surface area contributed by atoms with Gasteiger partial charge in [-0.1, -0.05) is 58.0 Å². The highest BCUT2D eigenvalue weighted by molar-refractivity contribution is 7.99. The Labute approximate surface area is 128 Å². The number of hydrogen-bond acceptors (Lipinski definition) is 3. The number of nitrogens with one attached hydrogen (secondary N) is 1. The second kappa shape index (κ2) is 8.71. The Morgan fingerprint density at radius 1 is 1.20 bits per heavy atom. The van der Waals surface area contributed by atoms with Crippen molar-refractivity contribution in [3.63, 3.8) is 0 Å². The fourth-order valence-corrected chi connectivity index (χ4v) is 3.31. The van der Waals surface area contributed by atoms with Crippen molar-refractivity contribution in [2.45, 2.75) is 44.9 Å². The first-order valence-electron chi connectivity index (χ1n) is 7.58. The molecule has 20 heavy (non-hydrogen) atoms. The molecule has 1 aromatic rings. The molecular weight excluding hydrogens is 266 g/mol. The van der Waals surface area contributed by atoms with Gasteiger partial charge in [0.2, 0.25) is 0 Å². The number of aliphatic hydroxyl groups is 1. The van der Waals surface area contributed by atoms with E-state index in [0.29, 0.717) is 11.2 Å². The quantitative estimate of drug-likeness (QED) is 0.729. The van der Waals surface area contributed by atoms with Crippen LogP contribution in [-0.2, 0) is 5.54 Å². The van der Waals surface area contributed by atoms with Gasteiger partial charge in [0.05, 0.1) is 12.1 Å². The van der Waals surface area contributed by atoms with Crippen molar-refractivity contribution in [2.75, 3.05) is 18.9 Å². The zero-order valence-electron chi connectivity index (χ0n) is 13.2. The third-order valence-electron chi connectivity index (χ3n) is 3.84. The maximum Gasteiger partial charge on any atom is 0.0760 e. The van der Waals surface area contributed by atoms with E-state index in [2.05, 4.69) is 45.1 Å². The first-order valence-corrected chi connectivity index (χ1v) is 8.63. The molecule has 0 aliphatic carbocycles. The number of rotatable bonds is 9. The van der Waals surface area contributed by atoms with E-state index in [4.69, 9.17) is 0 Å². The Kier molecular flexibility index (Phi) is 7.63. The second-order valence-electron chi connectivity index (χ2n) is 5.79. The zero-order chi connectivity index (χ0) is 15.0. The molecule has 0 aliphatic heterocycles. The lowest BCUT2D eigenvalue weighted by Gasteiger charge is -2.35. The van der Waals surface area contributed by atoms with Gasteiger partial charge in [-0.25, -0.2) is 0 Å². The molecule has 0 radical (unpaired) electrons. The molecule has 0 fully saturated rings. The monoisotopic (exact) mass is 295 g/mol. The van der Waals surface area contributed by atoms with Crippen molar-refractivity contribution in [3.8, 4) is 0 Å². The summed E-state index contributed by atoms with van der Waals surface area (Å²) in [5.74, 6) is 1.55. The normalized spacial score (nSPS) is 16.1. The van der Waals surface area contributed by atoms with Gasteiger partial charge in [0.15, 0.2) is 0 Å². The van der Waals surface area contributed by atoms with Crippen LogP contribution in [0.25, 0.3) is 0 Å². The lowest BCUT2D eigenvalue weighted by Crippen LogP contribution is -2.48. The van der Waals surface area contributed by atoms with Gasteiger partial charge >= 0.3 is 0 Å². The molecule has 0 aromatic heterocycles. The predicted molar refractivity (Wildman–Crippen MR) is 90.3 cm³/mol. The van der Waals surface area contributed by atoms with E-state index in [-0.39, 0.29) is 12.1 Å². The van der Waals surface area contributed by atoms with Gasteiger partial charge in [-0.2, -0.15) is 11.8 Å². The lowest BCUT2D eigenvalue weighted by atomic mass is 9.92. The average molecular weight is 295 g/mol. The van der Waals surface area contributed by atoms with E-state index in [1.165, 1.54) is 5.56 Å². The van der Waals surface area contributed by atoms with Crippen LogP contribution in [0.5, 0.6) is 0 Å². The van der Waals surface area contributed by atoms with E-state index < -0.39 is 0 Å². The van der Waals surface area contributed by atoms with E-state index in [1.807, 2.05) is 30.0 Å². The molecule has 2 nitrogen and oxygen atoms in total. The molecule has 1 rings (SSSR count). The molecule has 1 aromatic carbocycles. The third kappa shape index (κ3) is 4.80. The average Bonchev–Trinajstić information content (AvgIpc) is 2.48. The largest absolute Gasteiger partial charge is 0.394 e. The van der Waals surface area contributed by atoms with Crippen LogP contribution in [0.2, 0.25) is 0 Å². The molecule has 0 aliphatic rings. The molecule has 0 amide bonds. The van der Waals surface area contributed by atoms with Gasteiger partial charge in [0.25, 0.3) is 0 Å². The predicted octanol–water partition coefficient (Wildman–Crippen LogP) is 3.65. The summed E-state index contributed by atoms with van der Waals surface area (Å²) in [4.78, 5) is 0. The third-order valence-corrected chi connectivity index (χ3v) is 5.57. The molecule has 2 unspecified atom stereocenters.